The predicted octanol–water partition coefficient (Wildman–Crippen LogP) is 0.360. The van der Waals surface area contributed by atoms with Crippen LogP contribution < -0.4 is 5.73 Å². The molecule has 0 aliphatic carbocycles. The molecule has 0 heterocycles. The zero-order chi connectivity index (χ0) is 8.15. The van der Waals surface area contributed by atoms with Gasteiger partial charge in [-0.2, -0.15) is 0 Å². The minimum atomic E-state index is -1.31. The van der Waals surface area contributed by atoms with Crippen molar-refractivity contribution in [3.63, 3.8) is 0 Å². The van der Waals surface area contributed by atoms with Gasteiger partial charge in [-0.3, -0.25) is 0 Å². The molecule has 0 aromatic rings. The van der Waals surface area contributed by atoms with Crippen molar-refractivity contribution in [2.45, 2.75) is 13.1 Å². The lowest BCUT2D eigenvalue weighted by Crippen LogP contribution is -2.11. The van der Waals surface area contributed by atoms with E-state index in [0.29, 0.717) is 0 Å². The van der Waals surface area contributed by atoms with Crippen molar-refractivity contribution in [2.24, 2.45) is 5.73 Å². The number of esters is 1. The fourth-order valence-electron chi connectivity index (χ4n) is 0.310. The highest BCUT2D eigenvalue weighted by Gasteiger charge is 2.03. The van der Waals surface area contributed by atoms with Crippen LogP contribution in [0.15, 0.2) is 11.8 Å². The van der Waals surface area contributed by atoms with Crippen molar-refractivity contribution in [3.8, 4) is 0 Å². The van der Waals surface area contributed by atoms with Gasteiger partial charge in [0.05, 0.1) is 7.11 Å². The molecule has 1 atom stereocenters. The normalized spacial score (nSPS) is 14.5. The molecule has 1 unspecified atom stereocenters. The Kier molecular flexibility index (Phi) is 3.46. The molecule has 3 nitrogen and oxygen atoms in total. The van der Waals surface area contributed by atoms with Gasteiger partial charge in [-0.05, 0) is 6.92 Å². The summed E-state index contributed by atoms with van der Waals surface area (Å²) in [4.78, 5) is 10.4. The van der Waals surface area contributed by atoms with Gasteiger partial charge in [0.2, 0.25) is 0 Å². The molecule has 0 amide bonds. The van der Waals surface area contributed by atoms with Gasteiger partial charge in [-0.15, -0.1) is 0 Å². The van der Waals surface area contributed by atoms with Crippen LogP contribution in [0.1, 0.15) is 6.92 Å². The van der Waals surface area contributed by atoms with Gasteiger partial charge < -0.3 is 10.5 Å². The van der Waals surface area contributed by atoms with Gasteiger partial charge in [0.1, 0.15) is 6.17 Å². The summed E-state index contributed by atoms with van der Waals surface area (Å²) >= 11 is 0. The molecule has 0 fully saturated rings. The summed E-state index contributed by atoms with van der Waals surface area (Å²) in [6.07, 6.45) is -0.385. The maximum absolute atomic E-state index is 12.2. The summed E-state index contributed by atoms with van der Waals surface area (Å²) in [5.41, 5.74) is 4.96. The lowest BCUT2D eigenvalue weighted by atomic mass is 10.3. The molecule has 58 valence electrons. The van der Waals surface area contributed by atoms with Crippen LogP contribution in [0.25, 0.3) is 0 Å². The van der Waals surface area contributed by atoms with E-state index in [1.54, 1.807) is 0 Å². The number of carbonyl (C=O) groups is 1. The van der Waals surface area contributed by atoms with E-state index >= 15 is 0 Å². The monoisotopic (exact) mass is 147 g/mol. The summed E-state index contributed by atoms with van der Waals surface area (Å²) < 4.78 is 16.4. The van der Waals surface area contributed by atoms with Gasteiger partial charge in [-0.25, -0.2) is 9.18 Å². The third-order valence-electron chi connectivity index (χ3n) is 0.945. The van der Waals surface area contributed by atoms with Crippen LogP contribution in [0.3, 0.4) is 0 Å². The number of allylic oxidation sites excluding steroid dienone is 1. The summed E-state index contributed by atoms with van der Waals surface area (Å²) in [7, 11) is 1.20. The van der Waals surface area contributed by atoms with Crippen molar-refractivity contribution < 1.29 is 13.9 Å². The van der Waals surface area contributed by atoms with Gasteiger partial charge >= 0.3 is 5.97 Å². The summed E-state index contributed by atoms with van der Waals surface area (Å²) in [5.74, 6) is -0.637. The van der Waals surface area contributed by atoms with E-state index in [0.717, 1.165) is 6.08 Å². The van der Waals surface area contributed by atoms with Crippen molar-refractivity contribution in [1.82, 2.24) is 0 Å². The topological polar surface area (TPSA) is 52.3 Å². The molecule has 4 heteroatoms. The molecule has 0 aromatic carbocycles. The molecule has 0 bridgehead atoms. The smallest absolute Gasteiger partial charge is 0.332 e. The molecule has 0 radical (unpaired) electrons. The van der Waals surface area contributed by atoms with Gasteiger partial charge in [0.25, 0.3) is 0 Å². The third-order valence-corrected chi connectivity index (χ3v) is 0.945. The third kappa shape index (κ3) is 3.06. The molecule has 0 aromatic heterocycles. The lowest BCUT2D eigenvalue weighted by molar-refractivity contribution is -0.134. The van der Waals surface area contributed by atoms with Crippen molar-refractivity contribution in [3.05, 3.63) is 11.8 Å². The van der Waals surface area contributed by atoms with Crippen molar-refractivity contribution >= 4 is 5.97 Å². The fourth-order valence-corrected chi connectivity index (χ4v) is 0.310. The molecule has 0 saturated carbocycles. The highest BCUT2D eigenvalue weighted by molar-refractivity contribution is 5.82. The van der Waals surface area contributed by atoms with Crippen LogP contribution in [-0.4, -0.2) is 19.3 Å². The first-order chi connectivity index (χ1) is 4.57. The average Bonchev–Trinajstić information content (AvgIpc) is 1.87. The lowest BCUT2D eigenvalue weighted by Gasteiger charge is -1.99. The maximum Gasteiger partial charge on any atom is 0.332 e. The number of hydrogen-bond donors (Lipinski definition) is 1. The van der Waals surface area contributed by atoms with Crippen molar-refractivity contribution in [2.75, 3.05) is 7.11 Å². The molecular weight excluding hydrogens is 137 g/mol. The van der Waals surface area contributed by atoms with Crippen LogP contribution in [0, 0.1) is 0 Å². The summed E-state index contributed by atoms with van der Waals surface area (Å²) in [6.45, 7) is 1.24. The first-order valence-corrected chi connectivity index (χ1v) is 2.77. The Hall–Kier alpha value is -1.06. The van der Waals surface area contributed by atoms with E-state index < -0.39 is 12.1 Å². The first-order valence-electron chi connectivity index (χ1n) is 2.77. The van der Waals surface area contributed by atoms with E-state index in [-0.39, 0.29) is 5.70 Å². The van der Waals surface area contributed by atoms with E-state index in [1.807, 2.05) is 0 Å². The second-order valence-corrected chi connectivity index (χ2v) is 1.78. The number of ether oxygens (including phenoxy) is 1. The average molecular weight is 147 g/mol. The number of rotatable bonds is 2. The molecule has 0 aliphatic heterocycles. The number of nitrogens with two attached hydrogens (primary N) is 1. The zero-order valence-electron chi connectivity index (χ0n) is 5.93. The number of carbonyl (C=O) groups excluding carboxylic acids is 1. The van der Waals surface area contributed by atoms with E-state index in [9.17, 15) is 9.18 Å². The minimum absolute atomic E-state index is 0.119. The first kappa shape index (κ1) is 8.94. The summed E-state index contributed by atoms with van der Waals surface area (Å²) in [6, 6.07) is 0. The molecule has 0 spiro atoms. The SMILES string of the molecule is COC(=O)C=C(N)C(C)F. The Morgan fingerprint density at radius 2 is 2.30 bits per heavy atom. The fraction of sp³-hybridized carbons (Fsp3) is 0.500. The minimum Gasteiger partial charge on any atom is -0.466 e. The number of methoxy groups -OCH3 is 1. The summed E-state index contributed by atoms with van der Waals surface area (Å²) in [5, 5.41) is 0. The van der Waals surface area contributed by atoms with E-state index in [2.05, 4.69) is 4.74 Å². The molecular formula is C6H10FNO2. The van der Waals surface area contributed by atoms with E-state index in [1.165, 1.54) is 14.0 Å². The maximum atomic E-state index is 12.2. The van der Waals surface area contributed by atoms with Crippen LogP contribution >= 0.6 is 0 Å². The Morgan fingerprint density at radius 3 is 2.60 bits per heavy atom. The largest absolute Gasteiger partial charge is 0.466 e. The van der Waals surface area contributed by atoms with Crippen LogP contribution in [0.5, 0.6) is 0 Å². The zero-order valence-corrected chi connectivity index (χ0v) is 5.93. The predicted molar refractivity (Wildman–Crippen MR) is 34.9 cm³/mol. The Labute approximate surface area is 58.7 Å². The van der Waals surface area contributed by atoms with Gasteiger partial charge in [0.15, 0.2) is 0 Å². The second kappa shape index (κ2) is 3.87. The van der Waals surface area contributed by atoms with Crippen molar-refractivity contribution in [1.29, 1.82) is 0 Å². The standard InChI is InChI=1S/C6H10FNO2/c1-4(7)5(8)3-6(9)10-2/h3-4H,8H2,1-2H3. The Balaban J connectivity index is 4.03. The van der Waals surface area contributed by atoms with E-state index in [4.69, 9.17) is 5.73 Å². The molecule has 10 heavy (non-hydrogen) atoms. The number of alkyl halides is 1. The van der Waals surface area contributed by atoms with Gasteiger partial charge in [0, 0.05) is 11.8 Å². The number of halogens is 1. The van der Waals surface area contributed by atoms with Crippen LogP contribution in [-0.2, 0) is 9.53 Å². The molecule has 0 aliphatic rings. The Bertz CT molecular complexity index is 154. The van der Waals surface area contributed by atoms with Crippen LogP contribution in [0.2, 0.25) is 0 Å². The molecule has 2 N–H and O–H groups in total. The van der Waals surface area contributed by atoms with Crippen LogP contribution in [0.4, 0.5) is 4.39 Å². The molecule has 0 saturated heterocycles. The molecule has 0 rings (SSSR count). The number of hydrogen-bond acceptors (Lipinski definition) is 3. The Morgan fingerprint density at radius 1 is 1.80 bits per heavy atom. The highest BCUT2D eigenvalue weighted by atomic mass is 19.1. The highest BCUT2D eigenvalue weighted by Crippen LogP contribution is 1.97. The second-order valence-electron chi connectivity index (χ2n) is 1.78. The van der Waals surface area contributed by atoms with Gasteiger partial charge in [-0.1, -0.05) is 0 Å². The quantitative estimate of drug-likeness (QED) is 0.453.